The molecular formula is C64H45BN2OSSi. The highest BCUT2D eigenvalue weighted by molar-refractivity contribution is 7.27. The second kappa shape index (κ2) is 14.6. The Hall–Kier alpha value is -7.90. The lowest BCUT2D eigenvalue weighted by Gasteiger charge is -2.52. The van der Waals surface area contributed by atoms with E-state index in [9.17, 15) is 0 Å². The fourth-order valence-electron chi connectivity index (χ4n) is 12.7. The van der Waals surface area contributed by atoms with Crippen LogP contribution in [0.3, 0.4) is 0 Å². The summed E-state index contributed by atoms with van der Waals surface area (Å²) in [6, 6.07) is 82.6. The Bertz CT molecular complexity index is 4100. The molecule has 3 nitrogen and oxygen atoms in total. The minimum absolute atomic E-state index is 0.0520. The molecule has 0 amide bonds. The van der Waals surface area contributed by atoms with Gasteiger partial charge in [0.1, 0.15) is 11.2 Å². The zero-order chi connectivity index (χ0) is 46.5. The van der Waals surface area contributed by atoms with Crippen molar-refractivity contribution >= 4 is 128 Å². The van der Waals surface area contributed by atoms with Crippen molar-refractivity contribution in [2.45, 2.75) is 26.2 Å². The topological polar surface area (TPSA) is 19.6 Å². The van der Waals surface area contributed by atoms with Crippen LogP contribution >= 0.6 is 11.3 Å². The predicted octanol–water partition coefficient (Wildman–Crippen LogP) is 13.3. The first kappa shape index (κ1) is 40.0. The summed E-state index contributed by atoms with van der Waals surface area (Å²) < 4.78 is 9.55. The molecule has 0 unspecified atom stereocenters. The SMILES string of the molecule is CC(C)(C)c1ccc(N2c3cc4c(sc5ccccc54)c4c3B(c3c2ccc2oc5ccccc5c32)N2c3ccccc3[Si](c3ccccc3)(c3ccccc3)c3cccc-4c32)c(-c2ccccc2)c1. The highest BCUT2D eigenvalue weighted by Crippen LogP contribution is 2.54. The van der Waals surface area contributed by atoms with Gasteiger partial charge < -0.3 is 14.1 Å². The molecule has 10 aromatic carbocycles. The number of thiophene rings is 1. The van der Waals surface area contributed by atoms with Crippen LogP contribution in [-0.4, -0.2) is 14.9 Å². The molecule has 0 atom stereocenters. The second-order valence-electron chi connectivity index (χ2n) is 20.3. The monoisotopic (exact) mass is 928 g/mol. The number of nitrogens with zero attached hydrogens (tertiary/aromatic N) is 2. The lowest BCUT2D eigenvalue weighted by molar-refractivity contribution is 0.590. The zero-order valence-corrected chi connectivity index (χ0v) is 40.9. The largest absolute Gasteiger partial charge is 0.456 e. The molecule has 0 bridgehead atoms. The molecular weight excluding hydrogens is 884 g/mol. The highest BCUT2D eigenvalue weighted by Gasteiger charge is 2.55. The number of benzene rings is 10. The van der Waals surface area contributed by atoms with E-state index in [1.165, 1.54) is 108 Å². The lowest BCUT2D eigenvalue weighted by Crippen LogP contribution is -2.79. The van der Waals surface area contributed by atoms with Gasteiger partial charge in [0.05, 0.1) is 5.69 Å². The Balaban J connectivity index is 1.17. The first-order valence-corrected chi connectivity index (χ1v) is 27.3. The van der Waals surface area contributed by atoms with Crippen molar-refractivity contribution in [1.82, 2.24) is 0 Å². The molecule has 0 radical (unpaired) electrons. The summed E-state index contributed by atoms with van der Waals surface area (Å²) in [6.45, 7) is 6.75. The second-order valence-corrected chi connectivity index (χ2v) is 25.1. The molecule has 15 rings (SSSR count). The summed E-state index contributed by atoms with van der Waals surface area (Å²) in [6.07, 6.45) is 0. The van der Waals surface area contributed by atoms with Crippen molar-refractivity contribution in [1.29, 1.82) is 0 Å². The molecule has 0 saturated carbocycles. The lowest BCUT2D eigenvalue weighted by atomic mass is 9.42. The third-order valence-electron chi connectivity index (χ3n) is 15.7. The molecule has 12 aromatic rings. The van der Waals surface area contributed by atoms with E-state index in [0.717, 1.165) is 22.2 Å². The van der Waals surface area contributed by atoms with Crippen LogP contribution in [0.15, 0.2) is 223 Å². The summed E-state index contributed by atoms with van der Waals surface area (Å²) in [5.74, 6) is 0. The van der Waals surface area contributed by atoms with E-state index < -0.39 is 8.07 Å². The van der Waals surface area contributed by atoms with Crippen LogP contribution in [0.4, 0.5) is 28.4 Å². The number of hydrogen-bond donors (Lipinski definition) is 0. The van der Waals surface area contributed by atoms with Crippen LogP contribution in [0.1, 0.15) is 26.3 Å². The molecule has 0 N–H and O–H groups in total. The van der Waals surface area contributed by atoms with Gasteiger partial charge in [0.25, 0.3) is 0 Å². The summed E-state index contributed by atoms with van der Waals surface area (Å²) in [5.41, 5.74) is 16.8. The minimum atomic E-state index is -2.97. The Morgan fingerprint density at radius 1 is 0.486 bits per heavy atom. The van der Waals surface area contributed by atoms with Gasteiger partial charge in [0.15, 0.2) is 8.07 Å². The average Bonchev–Trinajstić information content (AvgIpc) is 3.98. The summed E-state index contributed by atoms with van der Waals surface area (Å²) in [4.78, 5) is 5.41. The molecule has 5 heterocycles. The Morgan fingerprint density at radius 2 is 1.14 bits per heavy atom. The van der Waals surface area contributed by atoms with Gasteiger partial charge in [-0.25, -0.2) is 0 Å². The molecule has 3 aliphatic heterocycles. The Kier molecular flexibility index (Phi) is 8.33. The quantitative estimate of drug-likeness (QED) is 0.164. The molecule has 0 saturated heterocycles. The predicted molar refractivity (Wildman–Crippen MR) is 302 cm³/mol. The third kappa shape index (κ3) is 5.30. The summed E-state index contributed by atoms with van der Waals surface area (Å²) >= 11 is 1.94. The van der Waals surface area contributed by atoms with E-state index in [1.54, 1.807) is 0 Å². The molecule has 0 spiro atoms. The van der Waals surface area contributed by atoms with Gasteiger partial charge in [0, 0.05) is 70.4 Å². The van der Waals surface area contributed by atoms with Crippen molar-refractivity contribution in [2.75, 3.05) is 9.71 Å². The standard InChI is InChI=1S/C64H45BN2OSSi/c1-64(2,3)41-34-35-49(47(38-41)40-20-7-4-8-21-40)66-51-36-37-54-58(45-27-13-16-30-53(45)68-54)60(51)65-61-52(66)39-48-44-26-14-17-31-55(44)69-63(48)59(61)46-28-19-33-57-62(46)67(65)50-29-15-18-32-56(50)70(57,42-22-9-5-10-23-42)43-24-11-6-12-25-43/h4-39H,1-3H3. The van der Waals surface area contributed by atoms with Gasteiger partial charge >= 0.3 is 6.85 Å². The van der Waals surface area contributed by atoms with E-state index in [2.05, 4.69) is 249 Å². The van der Waals surface area contributed by atoms with Crippen LogP contribution in [0.25, 0.3) is 64.4 Å². The molecule has 0 aliphatic carbocycles. The van der Waals surface area contributed by atoms with Crippen molar-refractivity contribution in [3.63, 3.8) is 0 Å². The van der Waals surface area contributed by atoms with Crippen molar-refractivity contribution in [3.8, 4) is 22.3 Å². The van der Waals surface area contributed by atoms with Crippen LogP contribution in [0.2, 0.25) is 0 Å². The van der Waals surface area contributed by atoms with Crippen molar-refractivity contribution < 1.29 is 4.42 Å². The summed E-state index contributed by atoms with van der Waals surface area (Å²) in [5, 5.41) is 10.5. The number of fused-ring (bicyclic) bond motifs is 14. The smallest absolute Gasteiger partial charge is 0.333 e. The van der Waals surface area contributed by atoms with Gasteiger partial charge in [0.2, 0.25) is 0 Å². The zero-order valence-electron chi connectivity index (χ0n) is 39.1. The van der Waals surface area contributed by atoms with E-state index in [0.29, 0.717) is 0 Å². The fraction of sp³-hybridized carbons (Fsp3) is 0.0625. The van der Waals surface area contributed by atoms with Gasteiger partial charge in [-0.1, -0.05) is 191 Å². The first-order valence-electron chi connectivity index (χ1n) is 24.5. The molecule has 2 aromatic heterocycles. The number of para-hydroxylation sites is 3. The first-order chi connectivity index (χ1) is 34.4. The molecule has 330 valence electrons. The molecule has 0 fully saturated rings. The molecule has 70 heavy (non-hydrogen) atoms. The van der Waals surface area contributed by atoms with Gasteiger partial charge in [-0.05, 0) is 96.7 Å². The average molecular weight is 929 g/mol. The van der Waals surface area contributed by atoms with Crippen LogP contribution in [0, 0.1) is 0 Å². The van der Waals surface area contributed by atoms with Gasteiger partial charge in [-0.2, -0.15) is 0 Å². The van der Waals surface area contributed by atoms with Gasteiger partial charge in [-0.15, -0.1) is 11.3 Å². The van der Waals surface area contributed by atoms with E-state index in [4.69, 9.17) is 4.42 Å². The maximum atomic E-state index is 6.91. The third-order valence-corrected chi connectivity index (χ3v) is 21.7. The fourth-order valence-corrected chi connectivity index (χ4v) is 19.1. The highest BCUT2D eigenvalue weighted by atomic mass is 32.1. The number of furan rings is 1. The Morgan fingerprint density at radius 3 is 1.91 bits per heavy atom. The molecule has 3 aliphatic rings. The van der Waals surface area contributed by atoms with E-state index >= 15 is 0 Å². The van der Waals surface area contributed by atoms with Crippen LogP contribution in [-0.2, 0) is 5.41 Å². The number of hydrogen-bond acceptors (Lipinski definition) is 4. The van der Waals surface area contributed by atoms with Gasteiger partial charge in [-0.3, -0.25) is 0 Å². The maximum absolute atomic E-state index is 6.91. The minimum Gasteiger partial charge on any atom is -0.456 e. The summed E-state index contributed by atoms with van der Waals surface area (Å²) in [7, 11) is -2.97. The van der Waals surface area contributed by atoms with Crippen LogP contribution < -0.4 is 41.4 Å². The van der Waals surface area contributed by atoms with Crippen molar-refractivity contribution in [2.24, 2.45) is 0 Å². The van der Waals surface area contributed by atoms with E-state index in [1.807, 2.05) is 11.3 Å². The Labute approximate surface area is 412 Å². The number of rotatable bonds is 4. The van der Waals surface area contributed by atoms with Crippen molar-refractivity contribution in [3.05, 3.63) is 224 Å². The molecule has 6 heteroatoms. The van der Waals surface area contributed by atoms with E-state index in [-0.39, 0.29) is 12.3 Å². The maximum Gasteiger partial charge on any atom is 0.333 e. The normalized spacial score (nSPS) is 14.2. The van der Waals surface area contributed by atoms with Crippen LogP contribution in [0.5, 0.6) is 0 Å². The number of anilines is 5.